The van der Waals surface area contributed by atoms with Crippen LogP contribution in [0.4, 0.5) is 5.69 Å². The van der Waals surface area contributed by atoms with E-state index >= 15 is 0 Å². The molecule has 2 aromatic carbocycles. The lowest BCUT2D eigenvalue weighted by molar-refractivity contribution is -0.117. The fourth-order valence-corrected chi connectivity index (χ4v) is 4.02. The average Bonchev–Trinajstić information content (AvgIpc) is 3.42. The number of benzene rings is 2. The maximum absolute atomic E-state index is 12.9. The van der Waals surface area contributed by atoms with Crippen molar-refractivity contribution in [3.8, 4) is 11.3 Å². The van der Waals surface area contributed by atoms with Crippen LogP contribution < -0.4 is 11.0 Å². The number of hydrogen-bond donors (Lipinski definition) is 1. The smallest absolute Gasteiger partial charge is 0.350 e. The number of anilines is 1. The first kappa shape index (κ1) is 23.0. The highest BCUT2D eigenvalue weighted by Crippen LogP contribution is 2.25. The molecule has 3 aromatic heterocycles. The largest absolute Gasteiger partial charge is 0.462 e. The SMILES string of the molecule is CCOC(=O)c1ccc(NC(=O)Cn2nc3c4cc(-c5cc(C)ccc5C)nn4ccn3c2=O)cc1. The van der Waals surface area contributed by atoms with Gasteiger partial charge in [-0.25, -0.2) is 23.2 Å². The first-order chi connectivity index (χ1) is 17.3. The number of carbonyl (C=O) groups is 2. The van der Waals surface area contributed by atoms with Crippen LogP contribution in [0.3, 0.4) is 0 Å². The normalized spacial score (nSPS) is 11.2. The Bertz CT molecular complexity index is 1680. The number of carbonyl (C=O) groups excluding carboxylic acids is 2. The summed E-state index contributed by atoms with van der Waals surface area (Å²) in [5, 5.41) is 11.8. The molecule has 0 bridgehead atoms. The number of amides is 1. The van der Waals surface area contributed by atoms with Gasteiger partial charge in [-0.1, -0.05) is 17.7 Å². The van der Waals surface area contributed by atoms with E-state index in [2.05, 4.69) is 21.6 Å². The molecule has 0 unspecified atom stereocenters. The standard InChI is InChI=1S/C26H24N6O4/c1-4-36-25(34)18-7-9-19(10-8-18)27-23(33)15-32-26(35)30-11-12-31-22(24(30)29-32)14-21(28-31)20-13-16(2)5-6-17(20)3/h5-14H,4,15H2,1-3H3,(H,27,33). The topological polar surface area (TPSA) is 112 Å². The highest BCUT2D eigenvalue weighted by atomic mass is 16.5. The van der Waals surface area contributed by atoms with Crippen molar-refractivity contribution in [3.63, 3.8) is 0 Å². The van der Waals surface area contributed by atoms with Crippen LogP contribution in [0.25, 0.3) is 22.4 Å². The van der Waals surface area contributed by atoms with Gasteiger partial charge in [0, 0.05) is 23.6 Å². The summed E-state index contributed by atoms with van der Waals surface area (Å²) < 4.78 is 9.14. The van der Waals surface area contributed by atoms with Crippen LogP contribution in [-0.2, 0) is 16.1 Å². The zero-order valence-electron chi connectivity index (χ0n) is 20.1. The number of aromatic nitrogens is 5. The summed E-state index contributed by atoms with van der Waals surface area (Å²) in [5.74, 6) is -0.858. The van der Waals surface area contributed by atoms with Gasteiger partial charge in [0.05, 0.1) is 17.9 Å². The number of esters is 1. The number of fused-ring (bicyclic) bond motifs is 3. The van der Waals surface area contributed by atoms with Crippen LogP contribution in [0, 0.1) is 13.8 Å². The van der Waals surface area contributed by atoms with Crippen LogP contribution in [0.2, 0.25) is 0 Å². The van der Waals surface area contributed by atoms with Gasteiger partial charge in [-0.05, 0) is 62.7 Å². The molecule has 0 fully saturated rings. The number of hydrogen-bond acceptors (Lipinski definition) is 6. The molecule has 3 heterocycles. The molecular weight excluding hydrogens is 460 g/mol. The number of rotatable bonds is 6. The summed E-state index contributed by atoms with van der Waals surface area (Å²) in [4.78, 5) is 37.3. The third-order valence-electron chi connectivity index (χ3n) is 5.83. The summed E-state index contributed by atoms with van der Waals surface area (Å²) in [7, 11) is 0. The molecule has 36 heavy (non-hydrogen) atoms. The van der Waals surface area contributed by atoms with E-state index in [1.54, 1.807) is 48.1 Å². The highest BCUT2D eigenvalue weighted by Gasteiger charge is 2.16. The Morgan fingerprint density at radius 2 is 1.78 bits per heavy atom. The van der Waals surface area contributed by atoms with Crippen LogP contribution in [0.15, 0.2) is 65.7 Å². The zero-order valence-corrected chi connectivity index (χ0v) is 20.1. The molecule has 1 amide bonds. The third-order valence-corrected chi connectivity index (χ3v) is 5.83. The first-order valence-corrected chi connectivity index (χ1v) is 11.5. The monoisotopic (exact) mass is 484 g/mol. The lowest BCUT2D eigenvalue weighted by atomic mass is 10.0. The third kappa shape index (κ3) is 4.24. The minimum absolute atomic E-state index is 0.274. The molecular formula is C26H24N6O4. The molecule has 0 saturated heterocycles. The average molecular weight is 485 g/mol. The van der Waals surface area contributed by atoms with Crippen molar-refractivity contribution in [3.05, 3.63) is 88.1 Å². The lowest BCUT2D eigenvalue weighted by Crippen LogP contribution is -2.28. The van der Waals surface area contributed by atoms with E-state index in [1.807, 2.05) is 32.0 Å². The molecule has 0 aliphatic heterocycles. The molecule has 10 heteroatoms. The molecule has 1 N–H and O–H groups in total. The maximum atomic E-state index is 12.9. The summed E-state index contributed by atoms with van der Waals surface area (Å²) in [6.45, 7) is 5.79. The van der Waals surface area contributed by atoms with E-state index in [4.69, 9.17) is 4.74 Å². The maximum Gasteiger partial charge on any atom is 0.350 e. The van der Waals surface area contributed by atoms with E-state index < -0.39 is 17.6 Å². The first-order valence-electron chi connectivity index (χ1n) is 11.5. The van der Waals surface area contributed by atoms with Crippen LogP contribution in [-0.4, -0.2) is 42.3 Å². The molecule has 0 radical (unpaired) electrons. The van der Waals surface area contributed by atoms with E-state index in [0.29, 0.717) is 22.4 Å². The molecule has 182 valence electrons. The molecule has 0 spiro atoms. The quantitative estimate of drug-likeness (QED) is 0.370. The molecule has 0 saturated carbocycles. The van der Waals surface area contributed by atoms with Gasteiger partial charge in [0.15, 0.2) is 5.65 Å². The van der Waals surface area contributed by atoms with Crippen molar-refractivity contribution in [1.29, 1.82) is 0 Å². The van der Waals surface area contributed by atoms with Gasteiger partial charge in [-0.2, -0.15) is 5.10 Å². The summed E-state index contributed by atoms with van der Waals surface area (Å²) in [6, 6.07) is 14.4. The molecule has 5 aromatic rings. The van der Waals surface area contributed by atoms with Gasteiger partial charge < -0.3 is 10.1 Å². The van der Waals surface area contributed by atoms with E-state index in [0.717, 1.165) is 27.1 Å². The summed E-state index contributed by atoms with van der Waals surface area (Å²) in [6.07, 6.45) is 3.27. The Hall–Kier alpha value is -4.73. The molecule has 5 rings (SSSR count). The van der Waals surface area contributed by atoms with Gasteiger partial charge in [-0.15, -0.1) is 5.10 Å². The fraction of sp³-hybridized carbons (Fsp3) is 0.192. The van der Waals surface area contributed by atoms with Crippen molar-refractivity contribution >= 4 is 28.7 Å². The van der Waals surface area contributed by atoms with Gasteiger partial charge >= 0.3 is 11.7 Å². The van der Waals surface area contributed by atoms with E-state index in [9.17, 15) is 14.4 Å². The minimum Gasteiger partial charge on any atom is -0.462 e. The molecule has 0 aliphatic rings. The Balaban J connectivity index is 1.41. The fourth-order valence-electron chi connectivity index (χ4n) is 4.02. The lowest BCUT2D eigenvalue weighted by Gasteiger charge is -2.06. The number of aryl methyl sites for hydroxylation is 2. The van der Waals surface area contributed by atoms with Crippen molar-refractivity contribution in [2.75, 3.05) is 11.9 Å². The van der Waals surface area contributed by atoms with Crippen molar-refractivity contribution in [1.82, 2.24) is 23.8 Å². The highest BCUT2D eigenvalue weighted by molar-refractivity contribution is 5.93. The van der Waals surface area contributed by atoms with E-state index in [-0.39, 0.29) is 13.2 Å². The number of ether oxygens (including phenoxy) is 1. The Kier molecular flexibility index (Phi) is 5.85. The molecule has 10 nitrogen and oxygen atoms in total. The Labute approximate surface area is 205 Å². The zero-order chi connectivity index (χ0) is 25.4. The second kappa shape index (κ2) is 9.14. The van der Waals surface area contributed by atoms with Crippen molar-refractivity contribution in [2.45, 2.75) is 27.3 Å². The Morgan fingerprint density at radius 1 is 1.00 bits per heavy atom. The van der Waals surface area contributed by atoms with Crippen LogP contribution >= 0.6 is 0 Å². The van der Waals surface area contributed by atoms with Crippen LogP contribution in [0.5, 0.6) is 0 Å². The number of nitrogens with zero attached hydrogens (tertiary/aromatic N) is 5. The van der Waals surface area contributed by atoms with Gasteiger partial charge in [0.1, 0.15) is 12.1 Å². The Morgan fingerprint density at radius 3 is 2.53 bits per heavy atom. The van der Waals surface area contributed by atoms with Gasteiger partial charge in [-0.3, -0.25) is 4.79 Å². The summed E-state index contributed by atoms with van der Waals surface area (Å²) in [5.41, 5.74) is 5.49. The predicted octanol–water partition coefficient (Wildman–Crippen LogP) is 3.24. The number of nitrogens with one attached hydrogen (secondary N) is 1. The second-order valence-electron chi connectivity index (χ2n) is 8.46. The summed E-state index contributed by atoms with van der Waals surface area (Å²) >= 11 is 0. The van der Waals surface area contributed by atoms with Crippen molar-refractivity contribution < 1.29 is 14.3 Å². The van der Waals surface area contributed by atoms with Gasteiger partial charge in [0.25, 0.3) is 0 Å². The van der Waals surface area contributed by atoms with Crippen LogP contribution in [0.1, 0.15) is 28.4 Å². The second-order valence-corrected chi connectivity index (χ2v) is 8.46. The predicted molar refractivity (Wildman–Crippen MR) is 134 cm³/mol. The van der Waals surface area contributed by atoms with E-state index in [1.165, 1.54) is 4.40 Å². The van der Waals surface area contributed by atoms with Gasteiger partial charge in [0.2, 0.25) is 5.91 Å². The van der Waals surface area contributed by atoms with Crippen molar-refractivity contribution in [2.24, 2.45) is 0 Å². The molecule has 0 atom stereocenters. The molecule has 0 aliphatic carbocycles. The minimum atomic E-state index is -0.435.